The molecule has 1 heterocycles. The van der Waals surface area contributed by atoms with Gasteiger partial charge < -0.3 is 4.74 Å². The minimum absolute atomic E-state index is 0.587. The molecule has 4 heteroatoms. The molecule has 0 atom stereocenters. The number of para-hydroxylation sites is 1. The Morgan fingerprint density at radius 1 is 1.19 bits per heavy atom. The molecule has 1 aromatic heterocycles. The van der Waals surface area contributed by atoms with Crippen LogP contribution in [0.15, 0.2) is 52.0 Å². The summed E-state index contributed by atoms with van der Waals surface area (Å²) in [6.45, 7) is 0. The highest BCUT2D eigenvalue weighted by molar-refractivity contribution is 9.10. The normalized spacial score (nSPS) is 10.1. The quantitative estimate of drug-likeness (QED) is 0.786. The fraction of sp³-hybridized carbons (Fsp3) is 0.0833. The van der Waals surface area contributed by atoms with Crippen LogP contribution in [0.1, 0.15) is 0 Å². The molecule has 0 aliphatic heterocycles. The lowest BCUT2D eigenvalue weighted by Gasteiger charge is -2.09. The van der Waals surface area contributed by atoms with Crippen LogP contribution in [0.5, 0.6) is 11.6 Å². The summed E-state index contributed by atoms with van der Waals surface area (Å²) in [6.07, 6.45) is 3.73. The average Bonchev–Trinajstić information content (AvgIpc) is 2.33. The second kappa shape index (κ2) is 5.37. The Morgan fingerprint density at radius 3 is 2.75 bits per heavy atom. The molecule has 0 amide bonds. The summed E-state index contributed by atoms with van der Waals surface area (Å²) >= 11 is 5.06. The van der Waals surface area contributed by atoms with Gasteiger partial charge in [0.15, 0.2) is 0 Å². The molecule has 0 spiro atoms. The molecule has 82 valence electrons. The Kier molecular flexibility index (Phi) is 3.85. The first kappa shape index (κ1) is 11.5. The van der Waals surface area contributed by atoms with Crippen LogP contribution in [0.4, 0.5) is 0 Å². The molecule has 0 saturated carbocycles. The fourth-order valence-corrected chi connectivity index (χ4v) is 2.12. The van der Waals surface area contributed by atoms with Crippen molar-refractivity contribution in [1.82, 2.24) is 4.98 Å². The van der Waals surface area contributed by atoms with E-state index >= 15 is 0 Å². The predicted octanol–water partition coefficient (Wildman–Crippen LogP) is 4.36. The predicted molar refractivity (Wildman–Crippen MR) is 70.2 cm³/mol. The molecule has 0 N–H and O–H groups in total. The number of rotatable bonds is 3. The van der Waals surface area contributed by atoms with E-state index in [0.717, 1.165) is 15.1 Å². The lowest BCUT2D eigenvalue weighted by molar-refractivity contribution is 0.449. The van der Waals surface area contributed by atoms with E-state index in [2.05, 4.69) is 20.9 Å². The number of nitrogens with zero attached hydrogens (tertiary/aromatic N) is 1. The van der Waals surface area contributed by atoms with E-state index in [4.69, 9.17) is 4.74 Å². The second-order valence-corrected chi connectivity index (χ2v) is 4.75. The fourth-order valence-electron chi connectivity index (χ4n) is 1.25. The number of halogens is 1. The number of hydrogen-bond acceptors (Lipinski definition) is 3. The van der Waals surface area contributed by atoms with Crippen molar-refractivity contribution in [1.29, 1.82) is 0 Å². The summed E-state index contributed by atoms with van der Waals surface area (Å²) < 4.78 is 6.61. The molecule has 0 fully saturated rings. The van der Waals surface area contributed by atoms with Crippen molar-refractivity contribution >= 4 is 27.7 Å². The van der Waals surface area contributed by atoms with Crippen LogP contribution < -0.4 is 4.74 Å². The van der Waals surface area contributed by atoms with Gasteiger partial charge in [0.05, 0.1) is 4.47 Å². The van der Waals surface area contributed by atoms with Gasteiger partial charge in [0.25, 0.3) is 0 Å². The third kappa shape index (κ3) is 2.57. The number of ether oxygens (including phenoxy) is 1. The monoisotopic (exact) mass is 295 g/mol. The zero-order chi connectivity index (χ0) is 11.4. The second-order valence-electron chi connectivity index (χ2n) is 3.04. The van der Waals surface area contributed by atoms with Gasteiger partial charge in [-0.3, -0.25) is 0 Å². The van der Waals surface area contributed by atoms with Crippen molar-refractivity contribution in [3.05, 3.63) is 47.1 Å². The van der Waals surface area contributed by atoms with E-state index in [1.165, 1.54) is 0 Å². The maximum absolute atomic E-state index is 5.75. The van der Waals surface area contributed by atoms with Gasteiger partial charge in [0.2, 0.25) is 5.88 Å². The number of aromatic nitrogens is 1. The molecule has 2 rings (SSSR count). The lowest BCUT2D eigenvalue weighted by Crippen LogP contribution is -1.89. The summed E-state index contributed by atoms with van der Waals surface area (Å²) in [5.74, 6) is 1.42. The number of hydrogen-bond donors (Lipinski definition) is 0. The van der Waals surface area contributed by atoms with Crippen molar-refractivity contribution in [3.63, 3.8) is 0 Å². The van der Waals surface area contributed by atoms with Crippen LogP contribution >= 0.6 is 27.7 Å². The molecular weight excluding hydrogens is 286 g/mol. The molecular formula is C12H10BrNOS. The van der Waals surface area contributed by atoms with Crippen molar-refractivity contribution in [2.24, 2.45) is 0 Å². The molecule has 0 bridgehead atoms. The zero-order valence-electron chi connectivity index (χ0n) is 8.68. The molecule has 2 nitrogen and oxygen atoms in total. The standard InChI is InChI=1S/C12H10BrNOS/c1-16-11-7-3-2-6-10(11)15-12-9(13)5-4-8-14-12/h2-8H,1H3. The van der Waals surface area contributed by atoms with Gasteiger partial charge in [-0.25, -0.2) is 4.98 Å². The van der Waals surface area contributed by atoms with Crippen LogP contribution in [0.3, 0.4) is 0 Å². The molecule has 0 unspecified atom stereocenters. The smallest absolute Gasteiger partial charge is 0.233 e. The van der Waals surface area contributed by atoms with Crippen LogP contribution in [0.25, 0.3) is 0 Å². The third-order valence-corrected chi connectivity index (χ3v) is 3.38. The van der Waals surface area contributed by atoms with E-state index in [0.29, 0.717) is 5.88 Å². The lowest BCUT2D eigenvalue weighted by atomic mass is 10.3. The Hall–Kier alpha value is -1.00. The minimum atomic E-state index is 0.587. The largest absolute Gasteiger partial charge is 0.437 e. The summed E-state index contributed by atoms with van der Waals surface area (Å²) in [7, 11) is 0. The third-order valence-electron chi connectivity index (χ3n) is 2.00. The number of pyridine rings is 1. The van der Waals surface area contributed by atoms with Crippen molar-refractivity contribution in [2.75, 3.05) is 6.26 Å². The molecule has 1 aromatic carbocycles. The zero-order valence-corrected chi connectivity index (χ0v) is 11.1. The molecule has 16 heavy (non-hydrogen) atoms. The van der Waals surface area contributed by atoms with E-state index in [9.17, 15) is 0 Å². The first-order valence-corrected chi connectivity index (χ1v) is 6.74. The van der Waals surface area contributed by atoms with Crippen molar-refractivity contribution < 1.29 is 4.74 Å². The highest BCUT2D eigenvalue weighted by atomic mass is 79.9. The average molecular weight is 296 g/mol. The molecule has 2 aromatic rings. The topological polar surface area (TPSA) is 22.1 Å². The molecule has 0 aliphatic carbocycles. The highest BCUT2D eigenvalue weighted by Crippen LogP contribution is 2.33. The maximum Gasteiger partial charge on any atom is 0.233 e. The highest BCUT2D eigenvalue weighted by Gasteiger charge is 2.06. The van der Waals surface area contributed by atoms with Gasteiger partial charge in [-0.15, -0.1) is 11.8 Å². The van der Waals surface area contributed by atoms with Gasteiger partial charge >= 0.3 is 0 Å². The van der Waals surface area contributed by atoms with Crippen molar-refractivity contribution in [2.45, 2.75) is 4.90 Å². The van der Waals surface area contributed by atoms with Crippen LogP contribution in [0, 0.1) is 0 Å². The Balaban J connectivity index is 2.30. The van der Waals surface area contributed by atoms with Crippen LogP contribution in [0.2, 0.25) is 0 Å². The Bertz CT molecular complexity index is 490. The van der Waals surface area contributed by atoms with Crippen molar-refractivity contribution in [3.8, 4) is 11.6 Å². The molecule has 0 radical (unpaired) electrons. The van der Waals surface area contributed by atoms with E-state index < -0.39 is 0 Å². The summed E-state index contributed by atoms with van der Waals surface area (Å²) in [5, 5.41) is 0. The van der Waals surface area contributed by atoms with Gasteiger partial charge in [-0.2, -0.15) is 0 Å². The SMILES string of the molecule is CSc1ccccc1Oc1ncccc1Br. The van der Waals surface area contributed by atoms with E-state index in [-0.39, 0.29) is 0 Å². The summed E-state index contributed by atoms with van der Waals surface area (Å²) in [4.78, 5) is 5.27. The number of thioether (sulfide) groups is 1. The molecule has 0 saturated heterocycles. The van der Waals surface area contributed by atoms with Crippen LogP contribution in [-0.4, -0.2) is 11.2 Å². The van der Waals surface area contributed by atoms with Crippen LogP contribution in [-0.2, 0) is 0 Å². The molecule has 0 aliphatic rings. The van der Waals surface area contributed by atoms with Gasteiger partial charge in [-0.05, 0) is 46.5 Å². The Morgan fingerprint density at radius 2 is 2.00 bits per heavy atom. The van der Waals surface area contributed by atoms with Gasteiger partial charge in [0.1, 0.15) is 5.75 Å². The minimum Gasteiger partial charge on any atom is -0.437 e. The van der Waals surface area contributed by atoms with Gasteiger partial charge in [-0.1, -0.05) is 12.1 Å². The first-order chi connectivity index (χ1) is 7.81. The summed E-state index contributed by atoms with van der Waals surface area (Å²) in [5.41, 5.74) is 0. The Labute approximate surface area is 107 Å². The first-order valence-electron chi connectivity index (χ1n) is 4.72. The van der Waals surface area contributed by atoms with E-state index in [1.807, 2.05) is 42.7 Å². The summed E-state index contributed by atoms with van der Waals surface area (Å²) in [6, 6.07) is 11.7. The maximum atomic E-state index is 5.75. The van der Waals surface area contributed by atoms with E-state index in [1.54, 1.807) is 18.0 Å². The number of benzene rings is 1. The van der Waals surface area contributed by atoms with Gasteiger partial charge in [0, 0.05) is 11.1 Å².